The van der Waals surface area contributed by atoms with Crippen LogP contribution in [0.25, 0.3) is 16.9 Å². The Hall–Kier alpha value is -3.60. The van der Waals surface area contributed by atoms with E-state index in [1.165, 1.54) is 0 Å². The molecule has 4 aromatic rings. The van der Waals surface area contributed by atoms with Crippen LogP contribution < -0.4 is 11.1 Å². The third-order valence-electron chi connectivity index (χ3n) is 4.32. The van der Waals surface area contributed by atoms with E-state index in [1.54, 1.807) is 24.3 Å². The number of aromatic nitrogens is 2. The number of nitrogen functional groups attached to an aromatic ring is 1. The van der Waals surface area contributed by atoms with Crippen molar-refractivity contribution in [1.29, 1.82) is 0 Å². The summed E-state index contributed by atoms with van der Waals surface area (Å²) >= 11 is 0. The number of pyridine rings is 1. The Morgan fingerprint density at radius 2 is 1.81 bits per heavy atom. The molecule has 0 unspecified atom stereocenters. The minimum Gasteiger partial charge on any atom is -0.398 e. The smallest absolute Gasteiger partial charge is 0.257 e. The van der Waals surface area contributed by atoms with Gasteiger partial charge in [-0.2, -0.15) is 0 Å². The topological polar surface area (TPSA) is 72.4 Å². The van der Waals surface area contributed by atoms with E-state index in [4.69, 9.17) is 10.7 Å². The maximum atomic E-state index is 12.3. The van der Waals surface area contributed by atoms with Gasteiger partial charge in [0, 0.05) is 29.3 Å². The number of carbonyl (C=O) groups excluding carboxylic acids is 1. The highest BCUT2D eigenvalue weighted by atomic mass is 16.1. The predicted octanol–water partition coefficient (Wildman–Crippen LogP) is 4.14. The molecule has 1 amide bonds. The van der Waals surface area contributed by atoms with Gasteiger partial charge < -0.3 is 15.5 Å². The van der Waals surface area contributed by atoms with Crippen molar-refractivity contribution in [2.24, 2.45) is 0 Å². The fourth-order valence-electron chi connectivity index (χ4n) is 2.92. The zero-order valence-corrected chi connectivity index (χ0v) is 14.3. The van der Waals surface area contributed by atoms with E-state index in [0.717, 1.165) is 22.5 Å². The molecule has 2 aromatic heterocycles. The number of carbonyl (C=O) groups is 1. The zero-order chi connectivity index (χ0) is 18.1. The summed E-state index contributed by atoms with van der Waals surface area (Å²) in [7, 11) is 0. The lowest BCUT2D eigenvalue weighted by Crippen LogP contribution is -2.13. The molecule has 0 saturated carbocycles. The van der Waals surface area contributed by atoms with Crippen molar-refractivity contribution in [2.75, 3.05) is 11.1 Å². The Bertz CT molecular complexity index is 1100. The molecule has 0 spiro atoms. The first kappa shape index (κ1) is 15.9. The highest BCUT2D eigenvalue weighted by Crippen LogP contribution is 2.23. The highest BCUT2D eigenvalue weighted by molar-refractivity contribution is 6.07. The van der Waals surface area contributed by atoms with E-state index in [1.807, 2.05) is 60.1 Å². The zero-order valence-electron chi connectivity index (χ0n) is 14.3. The highest BCUT2D eigenvalue weighted by Gasteiger charge is 2.10. The number of hydrogen-bond donors (Lipinski definition) is 2. The summed E-state index contributed by atoms with van der Waals surface area (Å²) in [5.41, 5.74) is 11.4. The summed E-state index contributed by atoms with van der Waals surface area (Å²) in [4.78, 5) is 17.0. The van der Waals surface area contributed by atoms with E-state index in [2.05, 4.69) is 5.32 Å². The van der Waals surface area contributed by atoms with Crippen molar-refractivity contribution in [3.63, 3.8) is 0 Å². The normalized spacial score (nSPS) is 10.8. The number of anilines is 2. The van der Waals surface area contributed by atoms with Crippen LogP contribution in [0.1, 0.15) is 15.9 Å². The largest absolute Gasteiger partial charge is 0.398 e. The molecular formula is C21H18N4O. The lowest BCUT2D eigenvalue weighted by atomic mass is 10.1. The molecule has 0 radical (unpaired) electrons. The molecule has 5 heteroatoms. The number of imidazole rings is 1. The first-order valence-electron chi connectivity index (χ1n) is 8.32. The van der Waals surface area contributed by atoms with Gasteiger partial charge in [-0.05, 0) is 42.8 Å². The molecule has 0 aliphatic heterocycles. The van der Waals surface area contributed by atoms with Crippen LogP contribution in [-0.4, -0.2) is 15.3 Å². The molecule has 128 valence electrons. The van der Waals surface area contributed by atoms with E-state index < -0.39 is 0 Å². The third-order valence-corrected chi connectivity index (χ3v) is 4.32. The van der Waals surface area contributed by atoms with Crippen molar-refractivity contribution in [3.05, 3.63) is 84.2 Å². The number of hydrogen-bond acceptors (Lipinski definition) is 3. The van der Waals surface area contributed by atoms with Crippen molar-refractivity contribution < 1.29 is 4.79 Å². The minimum absolute atomic E-state index is 0.223. The summed E-state index contributed by atoms with van der Waals surface area (Å²) in [6.45, 7) is 2.04. The molecule has 3 N–H and O–H groups in total. The van der Waals surface area contributed by atoms with Gasteiger partial charge >= 0.3 is 0 Å². The molecule has 5 nitrogen and oxygen atoms in total. The van der Waals surface area contributed by atoms with Crippen LogP contribution in [0, 0.1) is 6.92 Å². The lowest BCUT2D eigenvalue weighted by molar-refractivity contribution is 0.102. The summed E-state index contributed by atoms with van der Waals surface area (Å²) in [5, 5.41) is 2.87. The Labute approximate surface area is 151 Å². The third kappa shape index (κ3) is 2.91. The standard InChI is InChI=1S/C21H18N4O/c1-14-5-4-12-25-13-19(24-20(14)25)15-8-10-16(11-9-15)23-21(26)17-6-2-3-7-18(17)22/h2-13H,22H2,1H3,(H,23,26). The quantitative estimate of drug-likeness (QED) is 0.550. The van der Waals surface area contributed by atoms with E-state index in [-0.39, 0.29) is 5.91 Å². The Balaban J connectivity index is 1.57. The maximum Gasteiger partial charge on any atom is 0.257 e. The number of amides is 1. The van der Waals surface area contributed by atoms with Crippen molar-refractivity contribution in [3.8, 4) is 11.3 Å². The molecular weight excluding hydrogens is 324 g/mol. The maximum absolute atomic E-state index is 12.3. The number of nitrogens with two attached hydrogens (primary N) is 1. The number of para-hydroxylation sites is 1. The van der Waals surface area contributed by atoms with Gasteiger partial charge in [0.1, 0.15) is 5.65 Å². The van der Waals surface area contributed by atoms with Gasteiger partial charge in [0.15, 0.2) is 0 Å². The van der Waals surface area contributed by atoms with Crippen LogP contribution in [-0.2, 0) is 0 Å². The number of rotatable bonds is 3. The summed E-state index contributed by atoms with van der Waals surface area (Å²) in [6.07, 6.45) is 3.98. The number of benzene rings is 2. The van der Waals surface area contributed by atoms with E-state index in [0.29, 0.717) is 16.9 Å². The van der Waals surface area contributed by atoms with E-state index >= 15 is 0 Å². The van der Waals surface area contributed by atoms with Crippen molar-refractivity contribution in [1.82, 2.24) is 9.38 Å². The molecule has 0 aliphatic carbocycles. The van der Waals surface area contributed by atoms with Gasteiger partial charge in [-0.1, -0.05) is 30.3 Å². The van der Waals surface area contributed by atoms with Crippen LogP contribution in [0.15, 0.2) is 73.1 Å². The van der Waals surface area contributed by atoms with Gasteiger partial charge in [-0.3, -0.25) is 4.79 Å². The van der Waals surface area contributed by atoms with Crippen molar-refractivity contribution >= 4 is 22.9 Å². The predicted molar refractivity (Wildman–Crippen MR) is 104 cm³/mol. The second kappa shape index (κ2) is 6.37. The molecule has 0 fully saturated rings. The molecule has 2 heterocycles. The summed E-state index contributed by atoms with van der Waals surface area (Å²) in [6, 6.07) is 18.7. The molecule has 0 saturated heterocycles. The average molecular weight is 342 g/mol. The molecule has 0 atom stereocenters. The van der Waals surface area contributed by atoms with Gasteiger partial charge in [0.05, 0.1) is 11.3 Å². The second-order valence-corrected chi connectivity index (χ2v) is 6.17. The lowest BCUT2D eigenvalue weighted by Gasteiger charge is -2.07. The monoisotopic (exact) mass is 342 g/mol. The number of nitrogens with zero attached hydrogens (tertiary/aromatic N) is 2. The minimum atomic E-state index is -0.223. The Morgan fingerprint density at radius 1 is 1.04 bits per heavy atom. The van der Waals surface area contributed by atoms with Crippen molar-refractivity contribution in [2.45, 2.75) is 6.92 Å². The average Bonchev–Trinajstić information content (AvgIpc) is 3.08. The Kier molecular flexibility index (Phi) is 3.89. The molecule has 26 heavy (non-hydrogen) atoms. The number of fused-ring (bicyclic) bond motifs is 1. The van der Waals surface area contributed by atoms with Crippen LogP contribution in [0.4, 0.5) is 11.4 Å². The first-order chi connectivity index (χ1) is 12.6. The van der Waals surface area contributed by atoms with Gasteiger partial charge in [-0.15, -0.1) is 0 Å². The number of aryl methyl sites for hydroxylation is 1. The number of nitrogens with one attached hydrogen (secondary N) is 1. The van der Waals surface area contributed by atoms with Crippen LogP contribution in [0.2, 0.25) is 0 Å². The van der Waals surface area contributed by atoms with Crippen LogP contribution >= 0.6 is 0 Å². The van der Waals surface area contributed by atoms with Gasteiger partial charge in [0.2, 0.25) is 0 Å². The molecule has 4 rings (SSSR count). The fraction of sp³-hybridized carbons (Fsp3) is 0.0476. The molecule has 2 aromatic carbocycles. The SMILES string of the molecule is Cc1cccn2cc(-c3ccc(NC(=O)c4ccccc4N)cc3)nc12. The van der Waals surface area contributed by atoms with Crippen LogP contribution in [0.3, 0.4) is 0 Å². The fourth-order valence-corrected chi connectivity index (χ4v) is 2.92. The Morgan fingerprint density at radius 3 is 2.54 bits per heavy atom. The second-order valence-electron chi connectivity index (χ2n) is 6.17. The summed E-state index contributed by atoms with van der Waals surface area (Å²) in [5.74, 6) is -0.223. The molecule has 0 aliphatic rings. The van der Waals surface area contributed by atoms with E-state index in [9.17, 15) is 4.79 Å². The van der Waals surface area contributed by atoms with Gasteiger partial charge in [-0.25, -0.2) is 4.98 Å². The van der Waals surface area contributed by atoms with Crippen LogP contribution in [0.5, 0.6) is 0 Å². The first-order valence-corrected chi connectivity index (χ1v) is 8.32. The summed E-state index contributed by atoms with van der Waals surface area (Å²) < 4.78 is 2.01. The van der Waals surface area contributed by atoms with Gasteiger partial charge in [0.25, 0.3) is 5.91 Å². The molecule has 0 bridgehead atoms.